The van der Waals surface area contributed by atoms with Gasteiger partial charge in [0.05, 0.1) is 10.6 Å². The van der Waals surface area contributed by atoms with Crippen LogP contribution in [0.15, 0.2) is 39.7 Å². The van der Waals surface area contributed by atoms with Gasteiger partial charge in [0, 0.05) is 16.9 Å². The van der Waals surface area contributed by atoms with Gasteiger partial charge in [-0.05, 0) is 23.6 Å². The van der Waals surface area contributed by atoms with Crippen molar-refractivity contribution in [3.05, 3.63) is 34.8 Å². The minimum atomic E-state index is -3.34. The van der Waals surface area contributed by atoms with Crippen molar-refractivity contribution < 1.29 is 8.42 Å². The molecule has 0 unspecified atom stereocenters. The maximum atomic E-state index is 12.1. The van der Waals surface area contributed by atoms with Crippen molar-refractivity contribution in [2.75, 3.05) is 11.4 Å². The van der Waals surface area contributed by atoms with Gasteiger partial charge in [0.1, 0.15) is 0 Å². The second kappa shape index (κ2) is 2.99. The lowest BCUT2D eigenvalue weighted by Crippen LogP contribution is -2.21. The molecule has 0 fully saturated rings. The fourth-order valence-corrected chi connectivity index (χ4v) is 3.97. The monoisotopic (exact) mass is 297 g/mol. The predicted octanol–water partition coefficient (Wildman–Crippen LogP) is 2.74. The van der Waals surface area contributed by atoms with Crippen LogP contribution in [0.25, 0.3) is 10.8 Å². The normalized spacial score (nSPS) is 17.0. The first-order chi connectivity index (χ1) is 7.53. The number of sulfonamides is 1. The molecule has 1 aliphatic heterocycles. The van der Waals surface area contributed by atoms with Crippen LogP contribution >= 0.6 is 15.9 Å². The highest BCUT2D eigenvalue weighted by Crippen LogP contribution is 2.43. The van der Waals surface area contributed by atoms with Crippen molar-refractivity contribution >= 4 is 42.4 Å². The number of anilines is 1. The summed E-state index contributed by atoms with van der Waals surface area (Å²) in [6, 6.07) is 9.03. The van der Waals surface area contributed by atoms with Crippen LogP contribution in [0.3, 0.4) is 0 Å². The molecule has 0 atom stereocenters. The molecule has 0 N–H and O–H groups in total. The Kier molecular flexibility index (Phi) is 1.89. The Morgan fingerprint density at radius 2 is 1.94 bits per heavy atom. The SMILES string of the molecule is CN1c2ccc(Br)c3cccc(c23)S1(=O)=O. The number of halogens is 1. The van der Waals surface area contributed by atoms with E-state index in [2.05, 4.69) is 15.9 Å². The zero-order chi connectivity index (χ0) is 11.5. The van der Waals surface area contributed by atoms with E-state index in [0.29, 0.717) is 4.90 Å². The van der Waals surface area contributed by atoms with E-state index in [1.807, 2.05) is 18.2 Å². The third kappa shape index (κ3) is 1.05. The zero-order valence-corrected chi connectivity index (χ0v) is 10.8. The minimum Gasteiger partial charge on any atom is -0.269 e. The summed E-state index contributed by atoms with van der Waals surface area (Å²) in [5.41, 5.74) is 0.744. The van der Waals surface area contributed by atoms with E-state index in [1.165, 1.54) is 4.31 Å². The van der Waals surface area contributed by atoms with Crippen LogP contribution in [-0.4, -0.2) is 15.5 Å². The molecule has 0 saturated heterocycles. The highest BCUT2D eigenvalue weighted by molar-refractivity contribution is 9.10. The highest BCUT2D eigenvalue weighted by Gasteiger charge is 2.33. The van der Waals surface area contributed by atoms with Gasteiger partial charge in [0.2, 0.25) is 0 Å². The largest absolute Gasteiger partial charge is 0.269 e. The van der Waals surface area contributed by atoms with E-state index in [9.17, 15) is 8.42 Å². The van der Waals surface area contributed by atoms with Crippen molar-refractivity contribution in [2.45, 2.75) is 4.90 Å². The molecule has 16 heavy (non-hydrogen) atoms. The van der Waals surface area contributed by atoms with Crippen molar-refractivity contribution in [1.82, 2.24) is 0 Å². The fourth-order valence-electron chi connectivity index (χ4n) is 2.07. The molecule has 0 aromatic heterocycles. The summed E-state index contributed by atoms with van der Waals surface area (Å²) >= 11 is 3.44. The van der Waals surface area contributed by atoms with Crippen LogP contribution in [0.1, 0.15) is 0 Å². The van der Waals surface area contributed by atoms with E-state index >= 15 is 0 Å². The van der Waals surface area contributed by atoms with Crippen LogP contribution in [0.4, 0.5) is 5.69 Å². The second-order valence-electron chi connectivity index (χ2n) is 3.72. The zero-order valence-electron chi connectivity index (χ0n) is 8.44. The maximum absolute atomic E-state index is 12.1. The molecule has 0 spiro atoms. The van der Waals surface area contributed by atoms with Gasteiger partial charge in [0.15, 0.2) is 0 Å². The number of hydrogen-bond acceptors (Lipinski definition) is 2. The van der Waals surface area contributed by atoms with Crippen molar-refractivity contribution in [1.29, 1.82) is 0 Å². The standard InChI is InChI=1S/C11H8BrNO2S/c1-13-9-6-5-8(12)7-3-2-4-10(11(7)9)16(13,14)15/h2-6H,1H3. The molecule has 2 aromatic rings. The van der Waals surface area contributed by atoms with E-state index in [-0.39, 0.29) is 0 Å². The maximum Gasteiger partial charge on any atom is 0.264 e. The molecule has 0 bridgehead atoms. The molecule has 0 amide bonds. The Labute approximate surface area is 102 Å². The van der Waals surface area contributed by atoms with Gasteiger partial charge in [-0.15, -0.1) is 0 Å². The van der Waals surface area contributed by atoms with Crippen LogP contribution in [0, 0.1) is 0 Å². The molecule has 1 heterocycles. The molecule has 1 aliphatic rings. The second-order valence-corrected chi connectivity index (χ2v) is 6.51. The average Bonchev–Trinajstić information content (AvgIpc) is 2.46. The third-order valence-corrected chi connectivity index (χ3v) is 5.41. The quantitative estimate of drug-likeness (QED) is 0.750. The smallest absolute Gasteiger partial charge is 0.264 e. The summed E-state index contributed by atoms with van der Waals surface area (Å²) in [5.74, 6) is 0. The summed E-state index contributed by atoms with van der Waals surface area (Å²) in [4.78, 5) is 0.392. The number of rotatable bonds is 0. The highest BCUT2D eigenvalue weighted by atomic mass is 79.9. The van der Waals surface area contributed by atoms with Crippen LogP contribution in [-0.2, 0) is 10.0 Å². The Balaban J connectivity index is 2.63. The summed E-state index contributed by atoms with van der Waals surface area (Å²) in [5, 5.41) is 1.74. The van der Waals surface area contributed by atoms with Gasteiger partial charge < -0.3 is 0 Å². The third-order valence-electron chi connectivity index (χ3n) is 2.90. The topological polar surface area (TPSA) is 37.4 Å². The molecule has 0 aliphatic carbocycles. The molecule has 3 rings (SSSR count). The molecule has 5 heteroatoms. The number of nitrogens with zero attached hydrogens (tertiary/aromatic N) is 1. The summed E-state index contributed by atoms with van der Waals surface area (Å²) in [6.07, 6.45) is 0. The summed E-state index contributed by atoms with van der Waals surface area (Å²) in [6.45, 7) is 0. The minimum absolute atomic E-state index is 0.392. The van der Waals surface area contributed by atoms with Gasteiger partial charge in [-0.3, -0.25) is 4.31 Å². The summed E-state index contributed by atoms with van der Waals surface area (Å²) < 4.78 is 26.4. The van der Waals surface area contributed by atoms with E-state index in [0.717, 1.165) is 20.9 Å². The molecule has 3 nitrogen and oxygen atoms in total. The number of hydrogen-bond donors (Lipinski definition) is 0. The van der Waals surface area contributed by atoms with Gasteiger partial charge in [-0.25, -0.2) is 8.42 Å². The van der Waals surface area contributed by atoms with Gasteiger partial charge in [-0.2, -0.15) is 0 Å². The van der Waals surface area contributed by atoms with E-state index in [1.54, 1.807) is 19.2 Å². The van der Waals surface area contributed by atoms with Crippen molar-refractivity contribution in [2.24, 2.45) is 0 Å². The Hall–Kier alpha value is -1.07. The Bertz CT molecular complexity index is 709. The molecule has 2 aromatic carbocycles. The predicted molar refractivity (Wildman–Crippen MR) is 67.2 cm³/mol. The van der Waals surface area contributed by atoms with Crippen molar-refractivity contribution in [3.8, 4) is 0 Å². The van der Waals surface area contributed by atoms with Crippen molar-refractivity contribution in [3.63, 3.8) is 0 Å². The molecular weight excluding hydrogens is 290 g/mol. The average molecular weight is 298 g/mol. The Morgan fingerprint density at radius 1 is 1.19 bits per heavy atom. The van der Waals surface area contributed by atoms with Crippen LogP contribution < -0.4 is 4.31 Å². The molecular formula is C11H8BrNO2S. The number of benzene rings is 2. The van der Waals surface area contributed by atoms with Crippen LogP contribution in [0.5, 0.6) is 0 Å². The van der Waals surface area contributed by atoms with Gasteiger partial charge in [0.25, 0.3) is 10.0 Å². The Morgan fingerprint density at radius 3 is 2.69 bits per heavy atom. The fraction of sp³-hybridized carbons (Fsp3) is 0.0909. The lowest BCUT2D eigenvalue weighted by Gasteiger charge is -2.11. The lowest BCUT2D eigenvalue weighted by atomic mass is 10.1. The van der Waals surface area contributed by atoms with E-state index in [4.69, 9.17) is 0 Å². The van der Waals surface area contributed by atoms with E-state index < -0.39 is 10.0 Å². The summed E-state index contributed by atoms with van der Waals surface area (Å²) in [7, 11) is -1.76. The molecule has 82 valence electrons. The first-order valence-corrected chi connectivity index (χ1v) is 6.97. The van der Waals surface area contributed by atoms with Crippen LogP contribution in [0.2, 0.25) is 0 Å². The first-order valence-electron chi connectivity index (χ1n) is 4.73. The van der Waals surface area contributed by atoms with Gasteiger partial charge >= 0.3 is 0 Å². The first kappa shape index (κ1) is 10.1. The molecule has 0 radical (unpaired) electrons. The lowest BCUT2D eigenvalue weighted by molar-refractivity contribution is 0.597. The molecule has 0 saturated carbocycles. The van der Waals surface area contributed by atoms with Gasteiger partial charge in [-0.1, -0.05) is 28.1 Å².